The predicted octanol–water partition coefficient (Wildman–Crippen LogP) is 5.40. The summed E-state index contributed by atoms with van der Waals surface area (Å²) in [6.45, 7) is 5.83. The van der Waals surface area contributed by atoms with Gasteiger partial charge in [-0.25, -0.2) is 19.6 Å². The standard InChI is InChI=1S/C29H26N6O6S2/c1-5-40-27(38)25-19(16(3)33-35(25)29-31-20-8-6-17(39-4)13-23(20)43-29)10-11-41-18-7-9-21-24(14-18)42-28(30-21)34-22(26(36)37)12-15(2)32-34/h6-9,12-14H,5,10-11H2,1-4H3,(H,36,37). The zero-order valence-corrected chi connectivity index (χ0v) is 25.3. The Hall–Kier alpha value is -4.82. The van der Waals surface area contributed by atoms with Gasteiger partial charge in [-0.3, -0.25) is 0 Å². The van der Waals surface area contributed by atoms with E-state index in [2.05, 4.69) is 15.2 Å². The molecule has 2 aromatic carbocycles. The summed E-state index contributed by atoms with van der Waals surface area (Å²) in [6, 6.07) is 12.6. The highest BCUT2D eigenvalue weighted by atomic mass is 32.1. The van der Waals surface area contributed by atoms with Crippen LogP contribution in [0.5, 0.6) is 11.5 Å². The van der Waals surface area contributed by atoms with Crippen molar-refractivity contribution in [1.82, 2.24) is 29.5 Å². The van der Waals surface area contributed by atoms with Gasteiger partial charge in [-0.05, 0) is 63.2 Å². The minimum Gasteiger partial charge on any atom is -0.497 e. The molecule has 220 valence electrons. The van der Waals surface area contributed by atoms with Crippen LogP contribution in [0.3, 0.4) is 0 Å². The number of aromatic nitrogens is 6. The third kappa shape index (κ3) is 5.42. The number of fused-ring (bicyclic) bond motifs is 2. The molecule has 43 heavy (non-hydrogen) atoms. The molecule has 0 bridgehead atoms. The van der Waals surface area contributed by atoms with Crippen molar-refractivity contribution in [2.24, 2.45) is 0 Å². The van der Waals surface area contributed by atoms with E-state index in [0.29, 0.717) is 50.6 Å². The van der Waals surface area contributed by atoms with E-state index in [9.17, 15) is 14.7 Å². The normalized spacial score (nSPS) is 11.3. The minimum absolute atomic E-state index is 0.0481. The lowest BCUT2D eigenvalue weighted by Crippen LogP contribution is -2.15. The second kappa shape index (κ2) is 11.5. The lowest BCUT2D eigenvalue weighted by Gasteiger charge is -2.09. The fraction of sp³-hybridized carbons (Fsp3) is 0.241. The molecule has 6 aromatic rings. The van der Waals surface area contributed by atoms with Crippen LogP contribution >= 0.6 is 22.7 Å². The summed E-state index contributed by atoms with van der Waals surface area (Å²) >= 11 is 2.72. The molecule has 12 nitrogen and oxygen atoms in total. The number of rotatable bonds is 10. The summed E-state index contributed by atoms with van der Waals surface area (Å²) < 4.78 is 21.4. The molecular weight excluding hydrogens is 592 g/mol. The highest BCUT2D eigenvalue weighted by Gasteiger charge is 2.26. The number of aromatic carboxylic acids is 1. The summed E-state index contributed by atoms with van der Waals surface area (Å²) in [5, 5.41) is 19.5. The van der Waals surface area contributed by atoms with Gasteiger partial charge in [0.1, 0.15) is 11.5 Å². The molecule has 6 rings (SSSR count). The minimum atomic E-state index is -1.08. The van der Waals surface area contributed by atoms with E-state index >= 15 is 0 Å². The Morgan fingerprint density at radius 3 is 2.21 bits per heavy atom. The molecule has 0 radical (unpaired) electrons. The van der Waals surface area contributed by atoms with Crippen LogP contribution in [-0.4, -0.2) is 66.9 Å². The van der Waals surface area contributed by atoms with Crippen LogP contribution < -0.4 is 9.47 Å². The Balaban J connectivity index is 1.25. The summed E-state index contributed by atoms with van der Waals surface area (Å²) in [5.74, 6) is -0.228. The number of benzene rings is 2. The Morgan fingerprint density at radius 1 is 0.907 bits per heavy atom. The number of aryl methyl sites for hydroxylation is 2. The molecule has 0 spiro atoms. The van der Waals surface area contributed by atoms with Crippen molar-refractivity contribution in [3.8, 4) is 21.8 Å². The van der Waals surface area contributed by atoms with Gasteiger partial charge >= 0.3 is 11.9 Å². The SMILES string of the molecule is CCOC(=O)c1c(CCOc2ccc3nc(-n4nc(C)cc4C(=O)O)sc3c2)c(C)nn1-c1nc2ccc(OC)cc2s1. The molecule has 1 N–H and O–H groups in total. The van der Waals surface area contributed by atoms with Crippen LogP contribution in [-0.2, 0) is 11.2 Å². The van der Waals surface area contributed by atoms with Crippen molar-refractivity contribution in [3.63, 3.8) is 0 Å². The maximum atomic E-state index is 13.1. The van der Waals surface area contributed by atoms with E-state index < -0.39 is 11.9 Å². The molecule has 0 saturated heterocycles. The first-order chi connectivity index (χ1) is 20.7. The van der Waals surface area contributed by atoms with Gasteiger partial charge in [0.05, 0.1) is 52.1 Å². The van der Waals surface area contributed by atoms with E-state index in [-0.39, 0.29) is 18.9 Å². The van der Waals surface area contributed by atoms with Gasteiger partial charge in [0.25, 0.3) is 0 Å². The molecule has 4 heterocycles. The van der Waals surface area contributed by atoms with Gasteiger partial charge in [-0.15, -0.1) is 0 Å². The summed E-state index contributed by atoms with van der Waals surface area (Å²) in [5.41, 5.74) is 3.82. The van der Waals surface area contributed by atoms with Gasteiger partial charge < -0.3 is 19.3 Å². The van der Waals surface area contributed by atoms with Crippen LogP contribution in [0.25, 0.3) is 30.7 Å². The van der Waals surface area contributed by atoms with Gasteiger partial charge in [0.15, 0.2) is 11.4 Å². The van der Waals surface area contributed by atoms with Crippen LogP contribution in [0.2, 0.25) is 0 Å². The van der Waals surface area contributed by atoms with Gasteiger partial charge in [0, 0.05) is 12.0 Å². The van der Waals surface area contributed by atoms with E-state index in [4.69, 9.17) is 19.2 Å². The van der Waals surface area contributed by atoms with Crippen molar-refractivity contribution in [1.29, 1.82) is 0 Å². The number of ether oxygens (including phenoxy) is 3. The lowest BCUT2D eigenvalue weighted by molar-refractivity contribution is 0.0513. The average Bonchev–Trinajstić information content (AvgIpc) is 3.76. The van der Waals surface area contributed by atoms with Crippen LogP contribution in [0.4, 0.5) is 0 Å². The maximum Gasteiger partial charge on any atom is 0.357 e. The number of methoxy groups -OCH3 is 1. The fourth-order valence-corrected chi connectivity index (χ4v) is 6.57. The van der Waals surface area contributed by atoms with Gasteiger partial charge in [0.2, 0.25) is 10.3 Å². The number of carbonyl (C=O) groups excluding carboxylic acids is 1. The second-order valence-electron chi connectivity index (χ2n) is 9.49. The number of hydrogen-bond acceptors (Lipinski definition) is 11. The number of nitrogens with zero attached hydrogens (tertiary/aromatic N) is 6. The Kier molecular flexibility index (Phi) is 7.54. The Morgan fingerprint density at radius 2 is 1.56 bits per heavy atom. The molecule has 0 amide bonds. The smallest absolute Gasteiger partial charge is 0.357 e. The molecule has 0 fully saturated rings. The van der Waals surface area contributed by atoms with E-state index in [1.165, 1.54) is 33.4 Å². The van der Waals surface area contributed by atoms with E-state index in [1.54, 1.807) is 31.7 Å². The number of carbonyl (C=O) groups is 2. The largest absolute Gasteiger partial charge is 0.497 e. The monoisotopic (exact) mass is 618 g/mol. The number of carboxylic acids is 1. The Labute approximate surface area is 253 Å². The third-order valence-corrected chi connectivity index (χ3v) is 8.61. The van der Waals surface area contributed by atoms with E-state index in [1.807, 2.05) is 37.3 Å². The van der Waals surface area contributed by atoms with E-state index in [0.717, 1.165) is 20.7 Å². The molecule has 4 aromatic heterocycles. The molecule has 0 saturated carbocycles. The zero-order chi connectivity index (χ0) is 30.2. The fourth-order valence-electron chi connectivity index (χ4n) is 4.66. The molecule has 0 aliphatic rings. The first kappa shape index (κ1) is 28.3. The summed E-state index contributed by atoms with van der Waals surface area (Å²) in [6.07, 6.45) is 0.402. The highest BCUT2D eigenvalue weighted by molar-refractivity contribution is 7.21. The molecule has 14 heteroatoms. The van der Waals surface area contributed by atoms with Gasteiger partial charge in [-0.1, -0.05) is 22.7 Å². The van der Waals surface area contributed by atoms with Crippen molar-refractivity contribution in [3.05, 3.63) is 70.8 Å². The van der Waals surface area contributed by atoms with Crippen molar-refractivity contribution in [2.45, 2.75) is 27.2 Å². The quantitative estimate of drug-likeness (QED) is 0.198. The van der Waals surface area contributed by atoms with Crippen LogP contribution in [0.1, 0.15) is 44.9 Å². The predicted molar refractivity (Wildman–Crippen MR) is 162 cm³/mol. The molecular formula is C29H26N6O6S2. The second-order valence-corrected chi connectivity index (χ2v) is 11.5. The number of hydrogen-bond donors (Lipinski definition) is 1. The lowest BCUT2D eigenvalue weighted by atomic mass is 10.1. The summed E-state index contributed by atoms with van der Waals surface area (Å²) in [4.78, 5) is 34.0. The maximum absolute atomic E-state index is 13.1. The first-order valence-electron chi connectivity index (χ1n) is 13.3. The summed E-state index contributed by atoms with van der Waals surface area (Å²) in [7, 11) is 1.61. The molecule has 0 unspecified atom stereocenters. The number of thiazole rings is 2. The third-order valence-electron chi connectivity index (χ3n) is 6.62. The molecule has 0 aliphatic carbocycles. The number of esters is 1. The average molecular weight is 619 g/mol. The highest BCUT2D eigenvalue weighted by Crippen LogP contribution is 2.32. The van der Waals surface area contributed by atoms with Gasteiger partial charge in [-0.2, -0.15) is 19.6 Å². The Bertz CT molecular complexity index is 2010. The first-order valence-corrected chi connectivity index (χ1v) is 14.9. The van der Waals surface area contributed by atoms with Crippen LogP contribution in [0, 0.1) is 13.8 Å². The number of carboxylic acid groups (broad SMARTS) is 1. The molecule has 0 aliphatic heterocycles. The topological polar surface area (TPSA) is 143 Å². The van der Waals surface area contributed by atoms with Crippen LogP contribution in [0.15, 0.2) is 42.5 Å². The molecule has 0 atom stereocenters. The van der Waals surface area contributed by atoms with Crippen molar-refractivity contribution < 1.29 is 28.9 Å². The zero-order valence-electron chi connectivity index (χ0n) is 23.7. The van der Waals surface area contributed by atoms with Crippen molar-refractivity contribution >= 4 is 55.0 Å². The van der Waals surface area contributed by atoms with Crippen molar-refractivity contribution in [2.75, 3.05) is 20.3 Å².